The molecule has 1 aromatic heterocycles. The van der Waals surface area contributed by atoms with Crippen LogP contribution in [0.5, 0.6) is 11.5 Å². The topological polar surface area (TPSA) is 83.7 Å². The fraction of sp³-hybridized carbons (Fsp3) is 0.400. The molecule has 1 atom stereocenters. The van der Waals surface area contributed by atoms with Crippen LogP contribution in [0.25, 0.3) is 0 Å². The van der Waals surface area contributed by atoms with Gasteiger partial charge in [-0.15, -0.1) is 0 Å². The van der Waals surface area contributed by atoms with Gasteiger partial charge in [0.2, 0.25) is 0 Å². The van der Waals surface area contributed by atoms with E-state index in [4.69, 9.17) is 9.47 Å². The van der Waals surface area contributed by atoms with Crippen molar-refractivity contribution in [3.05, 3.63) is 48.3 Å². The summed E-state index contributed by atoms with van der Waals surface area (Å²) in [4.78, 5) is 29.3. The summed E-state index contributed by atoms with van der Waals surface area (Å²) in [7, 11) is 1.56. The summed E-state index contributed by atoms with van der Waals surface area (Å²) < 4.78 is 10.7. The van der Waals surface area contributed by atoms with Crippen molar-refractivity contribution in [2.24, 2.45) is 5.92 Å². The van der Waals surface area contributed by atoms with Gasteiger partial charge in [-0.25, -0.2) is 0 Å². The standard InChI is InChI=1S/C20H25N3O4/c1-26-17-8-2-3-9-18(17)27-14-19(24)22-12-15-6-5-11-23(13-15)20(25)16-7-4-10-21-16/h2-4,7-10,15,21H,5-6,11-14H2,1H3,(H,22,24)/t15-/m0/s1. The van der Waals surface area contributed by atoms with Gasteiger partial charge < -0.3 is 24.7 Å². The number of aromatic nitrogens is 1. The molecule has 2 heterocycles. The van der Waals surface area contributed by atoms with Crippen molar-refractivity contribution in [3.63, 3.8) is 0 Å². The Balaban J connectivity index is 1.44. The van der Waals surface area contributed by atoms with Gasteiger partial charge in [-0.2, -0.15) is 0 Å². The van der Waals surface area contributed by atoms with E-state index in [0.29, 0.717) is 30.3 Å². The van der Waals surface area contributed by atoms with Gasteiger partial charge >= 0.3 is 0 Å². The first-order valence-electron chi connectivity index (χ1n) is 9.12. The lowest BCUT2D eigenvalue weighted by Crippen LogP contribution is -2.44. The minimum absolute atomic E-state index is 0.00975. The number of nitrogens with one attached hydrogen (secondary N) is 2. The second kappa shape index (κ2) is 9.12. The number of aromatic amines is 1. The maximum Gasteiger partial charge on any atom is 0.270 e. The Hall–Kier alpha value is -2.96. The van der Waals surface area contributed by atoms with Crippen molar-refractivity contribution in [1.29, 1.82) is 0 Å². The zero-order valence-electron chi connectivity index (χ0n) is 15.4. The highest BCUT2D eigenvalue weighted by Crippen LogP contribution is 2.25. The Morgan fingerprint density at radius 2 is 2.04 bits per heavy atom. The first-order valence-corrected chi connectivity index (χ1v) is 9.12. The van der Waals surface area contributed by atoms with Crippen molar-refractivity contribution in [2.45, 2.75) is 12.8 Å². The Morgan fingerprint density at radius 1 is 1.22 bits per heavy atom. The highest BCUT2D eigenvalue weighted by Gasteiger charge is 2.25. The molecule has 27 heavy (non-hydrogen) atoms. The van der Waals surface area contributed by atoms with Gasteiger partial charge in [-0.1, -0.05) is 12.1 Å². The molecule has 1 fully saturated rings. The number of ether oxygens (including phenoxy) is 2. The number of carbonyl (C=O) groups is 2. The number of para-hydroxylation sites is 2. The number of H-pyrrole nitrogens is 1. The van der Waals surface area contributed by atoms with E-state index in [1.54, 1.807) is 31.5 Å². The molecule has 1 saturated heterocycles. The van der Waals surface area contributed by atoms with Crippen molar-refractivity contribution in [2.75, 3.05) is 33.4 Å². The van der Waals surface area contributed by atoms with Crippen LogP contribution in [-0.4, -0.2) is 55.0 Å². The van der Waals surface area contributed by atoms with E-state index < -0.39 is 0 Å². The van der Waals surface area contributed by atoms with Crippen LogP contribution in [-0.2, 0) is 4.79 Å². The second-order valence-corrected chi connectivity index (χ2v) is 6.59. The number of benzene rings is 1. The molecule has 0 saturated carbocycles. The average Bonchev–Trinajstić information content (AvgIpc) is 3.25. The quantitative estimate of drug-likeness (QED) is 0.780. The predicted molar refractivity (Wildman–Crippen MR) is 101 cm³/mol. The molecule has 1 aromatic carbocycles. The van der Waals surface area contributed by atoms with E-state index >= 15 is 0 Å². The first kappa shape index (κ1) is 18.8. The maximum atomic E-state index is 12.4. The molecule has 2 amide bonds. The normalized spacial score (nSPS) is 16.6. The van der Waals surface area contributed by atoms with E-state index in [-0.39, 0.29) is 24.3 Å². The molecule has 1 aliphatic rings. The number of likely N-dealkylation sites (tertiary alicyclic amines) is 1. The summed E-state index contributed by atoms with van der Waals surface area (Å²) in [5.41, 5.74) is 0.602. The van der Waals surface area contributed by atoms with Gasteiger partial charge in [-0.3, -0.25) is 9.59 Å². The number of nitrogens with zero attached hydrogens (tertiary/aromatic N) is 1. The molecule has 7 heteroatoms. The fourth-order valence-electron chi connectivity index (χ4n) is 3.24. The number of rotatable bonds is 7. The number of amides is 2. The molecule has 144 valence electrons. The summed E-state index contributed by atoms with van der Waals surface area (Å²) >= 11 is 0. The summed E-state index contributed by atoms with van der Waals surface area (Å²) in [5.74, 6) is 1.20. The fourth-order valence-corrected chi connectivity index (χ4v) is 3.24. The highest BCUT2D eigenvalue weighted by molar-refractivity contribution is 5.92. The molecule has 0 aliphatic carbocycles. The Bertz CT molecular complexity index is 760. The van der Waals surface area contributed by atoms with E-state index in [9.17, 15) is 9.59 Å². The van der Waals surface area contributed by atoms with E-state index in [0.717, 1.165) is 19.4 Å². The van der Waals surface area contributed by atoms with Gasteiger partial charge in [0.15, 0.2) is 18.1 Å². The van der Waals surface area contributed by atoms with Crippen LogP contribution in [0.2, 0.25) is 0 Å². The molecule has 2 aromatic rings. The zero-order valence-corrected chi connectivity index (χ0v) is 15.4. The second-order valence-electron chi connectivity index (χ2n) is 6.59. The largest absolute Gasteiger partial charge is 0.493 e. The summed E-state index contributed by atoms with van der Waals surface area (Å²) in [5, 5.41) is 2.90. The molecule has 0 spiro atoms. The molecular weight excluding hydrogens is 346 g/mol. The third-order valence-corrected chi connectivity index (χ3v) is 4.65. The Morgan fingerprint density at radius 3 is 2.78 bits per heavy atom. The van der Waals surface area contributed by atoms with Crippen molar-refractivity contribution in [3.8, 4) is 11.5 Å². The van der Waals surface area contributed by atoms with Gasteiger partial charge in [0.25, 0.3) is 11.8 Å². The highest BCUT2D eigenvalue weighted by atomic mass is 16.5. The molecule has 0 radical (unpaired) electrons. The maximum absolute atomic E-state index is 12.4. The number of hydrogen-bond donors (Lipinski definition) is 2. The van der Waals surface area contributed by atoms with Crippen LogP contribution >= 0.6 is 0 Å². The Kier molecular flexibility index (Phi) is 6.35. The van der Waals surface area contributed by atoms with Gasteiger partial charge in [-0.05, 0) is 43.0 Å². The van der Waals surface area contributed by atoms with Crippen LogP contribution in [0.1, 0.15) is 23.3 Å². The monoisotopic (exact) mass is 371 g/mol. The predicted octanol–water partition coefficient (Wildman–Crippen LogP) is 2.07. The number of carbonyl (C=O) groups excluding carboxylic acids is 2. The first-order chi connectivity index (χ1) is 13.2. The number of piperidine rings is 1. The Labute approximate surface area is 158 Å². The lowest BCUT2D eigenvalue weighted by atomic mass is 9.97. The lowest BCUT2D eigenvalue weighted by Gasteiger charge is -2.32. The molecule has 0 unspecified atom stereocenters. The molecular formula is C20H25N3O4. The van der Waals surface area contributed by atoms with Crippen molar-refractivity contribution < 1.29 is 19.1 Å². The summed E-state index contributed by atoms with van der Waals surface area (Å²) in [6.07, 6.45) is 3.67. The minimum atomic E-state index is -0.186. The van der Waals surface area contributed by atoms with Crippen LogP contribution in [0.3, 0.4) is 0 Å². The van der Waals surface area contributed by atoms with Crippen molar-refractivity contribution >= 4 is 11.8 Å². The van der Waals surface area contributed by atoms with E-state index in [1.807, 2.05) is 23.1 Å². The smallest absolute Gasteiger partial charge is 0.270 e. The van der Waals surface area contributed by atoms with Crippen molar-refractivity contribution in [1.82, 2.24) is 15.2 Å². The SMILES string of the molecule is COc1ccccc1OCC(=O)NC[C@@H]1CCCN(C(=O)c2ccc[nH]2)C1. The molecule has 3 rings (SSSR count). The molecule has 7 nitrogen and oxygen atoms in total. The third-order valence-electron chi connectivity index (χ3n) is 4.65. The number of methoxy groups -OCH3 is 1. The van der Waals surface area contributed by atoms with Crippen LogP contribution < -0.4 is 14.8 Å². The van der Waals surface area contributed by atoms with E-state index in [2.05, 4.69) is 10.3 Å². The molecule has 0 bridgehead atoms. The van der Waals surface area contributed by atoms with Gasteiger partial charge in [0, 0.05) is 25.8 Å². The minimum Gasteiger partial charge on any atom is -0.493 e. The van der Waals surface area contributed by atoms with Crippen LogP contribution in [0, 0.1) is 5.92 Å². The van der Waals surface area contributed by atoms with Gasteiger partial charge in [0.05, 0.1) is 7.11 Å². The van der Waals surface area contributed by atoms with Gasteiger partial charge in [0.1, 0.15) is 5.69 Å². The zero-order chi connectivity index (χ0) is 19.1. The average molecular weight is 371 g/mol. The summed E-state index contributed by atoms with van der Waals surface area (Å²) in [6, 6.07) is 10.8. The third kappa shape index (κ3) is 5.03. The van der Waals surface area contributed by atoms with E-state index in [1.165, 1.54) is 0 Å². The molecule has 1 aliphatic heterocycles. The summed E-state index contributed by atoms with van der Waals surface area (Å²) in [6.45, 7) is 1.85. The van der Waals surface area contributed by atoms with Crippen LogP contribution in [0.4, 0.5) is 0 Å². The lowest BCUT2D eigenvalue weighted by molar-refractivity contribution is -0.123. The molecule has 2 N–H and O–H groups in total. The van der Waals surface area contributed by atoms with Crippen LogP contribution in [0.15, 0.2) is 42.6 Å². The number of hydrogen-bond acceptors (Lipinski definition) is 4.